The molecule has 0 spiro atoms. The summed E-state index contributed by atoms with van der Waals surface area (Å²) in [6, 6.07) is 0. The summed E-state index contributed by atoms with van der Waals surface area (Å²) in [5.41, 5.74) is 0. The Kier molecular flexibility index (Phi) is 14.4. The molecule has 2 fully saturated rings. The van der Waals surface area contributed by atoms with Crippen molar-refractivity contribution in [1.82, 2.24) is 0 Å². The Morgan fingerprint density at radius 1 is 0.667 bits per heavy atom. The standard InChI is InChI=1S/C12H22O2.C12H22O/c1-2-3-4-5-6-7-8-11-9-12(13)14-10-11;1-2-3-4-5-6-7-8-11-9-12(13)10-11/h11H,2-10H2,1H3;11H,2-10H2,1H3. The predicted molar refractivity (Wildman–Crippen MR) is 113 cm³/mol. The van der Waals surface area contributed by atoms with Gasteiger partial charge in [0.15, 0.2) is 0 Å². The molecule has 0 N–H and O–H groups in total. The van der Waals surface area contributed by atoms with Gasteiger partial charge in [0.2, 0.25) is 0 Å². The van der Waals surface area contributed by atoms with Crippen LogP contribution in [0.1, 0.15) is 123 Å². The van der Waals surface area contributed by atoms with Crippen LogP contribution in [0.2, 0.25) is 0 Å². The van der Waals surface area contributed by atoms with Gasteiger partial charge in [-0.15, -0.1) is 0 Å². The Bertz CT molecular complexity index is 383. The molecule has 1 aliphatic heterocycles. The molecule has 1 unspecified atom stereocenters. The van der Waals surface area contributed by atoms with E-state index in [0.29, 0.717) is 24.7 Å². The fourth-order valence-corrected chi connectivity index (χ4v) is 3.96. The third-order valence-electron chi connectivity index (χ3n) is 5.90. The molecular weight excluding hydrogens is 336 g/mol. The Balaban J connectivity index is 0.000000271. The van der Waals surface area contributed by atoms with Crippen molar-refractivity contribution in [3.05, 3.63) is 0 Å². The third kappa shape index (κ3) is 13.0. The normalized spacial score (nSPS) is 19.4. The zero-order valence-corrected chi connectivity index (χ0v) is 18.1. The molecule has 0 amide bonds. The Morgan fingerprint density at radius 3 is 1.59 bits per heavy atom. The van der Waals surface area contributed by atoms with Gasteiger partial charge >= 0.3 is 5.97 Å². The molecule has 2 aliphatic rings. The minimum absolute atomic E-state index is 0.000910. The second kappa shape index (κ2) is 16.1. The maximum absolute atomic E-state index is 10.8. The van der Waals surface area contributed by atoms with Crippen molar-refractivity contribution in [3.8, 4) is 0 Å². The lowest BCUT2D eigenvalue weighted by Gasteiger charge is -2.23. The van der Waals surface area contributed by atoms with E-state index in [9.17, 15) is 9.59 Å². The van der Waals surface area contributed by atoms with Crippen LogP contribution in [0.25, 0.3) is 0 Å². The van der Waals surface area contributed by atoms with E-state index in [1.807, 2.05) is 0 Å². The minimum atomic E-state index is 0.000910. The third-order valence-corrected chi connectivity index (χ3v) is 5.90. The molecule has 2 rings (SSSR count). The van der Waals surface area contributed by atoms with Crippen molar-refractivity contribution in [2.24, 2.45) is 11.8 Å². The van der Waals surface area contributed by atoms with Crippen molar-refractivity contribution in [2.45, 2.75) is 123 Å². The molecule has 0 aromatic heterocycles. The number of unbranched alkanes of at least 4 members (excludes halogenated alkanes) is 10. The summed E-state index contributed by atoms with van der Waals surface area (Å²) >= 11 is 0. The molecule has 0 aromatic carbocycles. The van der Waals surface area contributed by atoms with E-state index < -0.39 is 0 Å². The minimum Gasteiger partial charge on any atom is -0.465 e. The molecule has 3 heteroatoms. The van der Waals surface area contributed by atoms with Gasteiger partial charge in [-0.2, -0.15) is 0 Å². The summed E-state index contributed by atoms with van der Waals surface area (Å²) in [7, 11) is 0. The van der Waals surface area contributed by atoms with Crippen molar-refractivity contribution in [3.63, 3.8) is 0 Å². The summed E-state index contributed by atoms with van der Waals surface area (Å²) in [5, 5.41) is 0. The first kappa shape index (κ1) is 24.2. The average Bonchev–Trinajstić information content (AvgIpc) is 3.05. The summed E-state index contributed by atoms with van der Waals surface area (Å²) in [4.78, 5) is 21.5. The van der Waals surface area contributed by atoms with Crippen LogP contribution in [-0.4, -0.2) is 18.4 Å². The monoisotopic (exact) mass is 380 g/mol. The number of hydrogen-bond donors (Lipinski definition) is 0. The smallest absolute Gasteiger partial charge is 0.306 e. The first-order valence-corrected chi connectivity index (χ1v) is 11.8. The molecule has 27 heavy (non-hydrogen) atoms. The van der Waals surface area contributed by atoms with E-state index in [1.165, 1.54) is 89.9 Å². The average molecular weight is 381 g/mol. The van der Waals surface area contributed by atoms with E-state index in [0.717, 1.165) is 18.8 Å². The highest BCUT2D eigenvalue weighted by Gasteiger charge is 2.25. The molecule has 1 atom stereocenters. The Morgan fingerprint density at radius 2 is 1.15 bits per heavy atom. The largest absolute Gasteiger partial charge is 0.465 e. The number of ether oxygens (including phenoxy) is 1. The SMILES string of the molecule is CCCCCCCCC1CC(=O)C1.CCCCCCCCC1COC(=O)C1. The second-order valence-electron chi connectivity index (χ2n) is 8.68. The Labute approximate surface area is 168 Å². The first-order chi connectivity index (χ1) is 13.2. The van der Waals surface area contributed by atoms with E-state index in [1.54, 1.807) is 0 Å². The van der Waals surface area contributed by atoms with Gasteiger partial charge in [-0.3, -0.25) is 9.59 Å². The molecule has 158 valence electrons. The summed E-state index contributed by atoms with van der Waals surface area (Å²) in [6.45, 7) is 5.16. The van der Waals surface area contributed by atoms with Gasteiger partial charge in [0.25, 0.3) is 0 Å². The molecule has 1 aliphatic carbocycles. The molecule has 0 radical (unpaired) electrons. The predicted octanol–water partition coefficient (Wildman–Crippen LogP) is 7.02. The molecular formula is C24H44O3. The van der Waals surface area contributed by atoms with Gasteiger partial charge < -0.3 is 4.74 Å². The van der Waals surface area contributed by atoms with Crippen LogP contribution >= 0.6 is 0 Å². The number of carbonyl (C=O) groups excluding carboxylic acids is 2. The molecule has 0 aromatic rings. The van der Waals surface area contributed by atoms with Crippen molar-refractivity contribution in [2.75, 3.05) is 6.61 Å². The van der Waals surface area contributed by atoms with E-state index in [2.05, 4.69) is 13.8 Å². The highest BCUT2D eigenvalue weighted by atomic mass is 16.5. The van der Waals surface area contributed by atoms with Crippen LogP contribution in [-0.2, 0) is 14.3 Å². The van der Waals surface area contributed by atoms with Gasteiger partial charge in [-0.05, 0) is 18.8 Å². The lowest BCUT2D eigenvalue weighted by atomic mass is 9.80. The topological polar surface area (TPSA) is 43.4 Å². The molecule has 3 nitrogen and oxygen atoms in total. The first-order valence-electron chi connectivity index (χ1n) is 11.8. The number of rotatable bonds is 14. The van der Waals surface area contributed by atoms with E-state index in [4.69, 9.17) is 4.74 Å². The fourth-order valence-electron chi connectivity index (χ4n) is 3.96. The molecule has 1 saturated heterocycles. The molecule has 0 bridgehead atoms. The summed E-state index contributed by atoms with van der Waals surface area (Å²) in [6.07, 6.45) is 21.2. The number of esters is 1. The maximum atomic E-state index is 10.8. The number of carbonyl (C=O) groups is 2. The van der Waals surface area contributed by atoms with Gasteiger partial charge in [0, 0.05) is 18.8 Å². The second-order valence-corrected chi connectivity index (χ2v) is 8.68. The fraction of sp³-hybridized carbons (Fsp3) is 0.917. The lowest BCUT2D eigenvalue weighted by Crippen LogP contribution is -2.22. The zero-order chi connectivity index (χ0) is 19.7. The van der Waals surface area contributed by atoms with Crippen LogP contribution in [0.3, 0.4) is 0 Å². The van der Waals surface area contributed by atoms with Crippen LogP contribution in [0.5, 0.6) is 0 Å². The van der Waals surface area contributed by atoms with Crippen molar-refractivity contribution < 1.29 is 14.3 Å². The van der Waals surface area contributed by atoms with Crippen molar-refractivity contribution in [1.29, 1.82) is 0 Å². The summed E-state index contributed by atoms with van der Waals surface area (Å²) in [5.74, 6) is 1.77. The highest BCUT2D eigenvalue weighted by Crippen LogP contribution is 2.28. The number of cyclic esters (lactones) is 1. The van der Waals surface area contributed by atoms with Crippen LogP contribution < -0.4 is 0 Å². The number of Topliss-reactive ketones (excluding diaryl/α,β-unsaturated/α-hetero) is 1. The van der Waals surface area contributed by atoms with Gasteiger partial charge in [0.1, 0.15) is 5.78 Å². The zero-order valence-electron chi connectivity index (χ0n) is 18.1. The van der Waals surface area contributed by atoms with Crippen LogP contribution in [0.4, 0.5) is 0 Å². The van der Waals surface area contributed by atoms with Gasteiger partial charge in [0.05, 0.1) is 13.0 Å². The van der Waals surface area contributed by atoms with Gasteiger partial charge in [-0.1, -0.05) is 90.9 Å². The summed E-state index contributed by atoms with van der Waals surface area (Å²) < 4.78 is 4.92. The number of hydrogen-bond acceptors (Lipinski definition) is 3. The van der Waals surface area contributed by atoms with Crippen LogP contribution in [0, 0.1) is 11.8 Å². The molecule has 1 saturated carbocycles. The quantitative estimate of drug-likeness (QED) is 0.240. The highest BCUT2D eigenvalue weighted by molar-refractivity contribution is 5.84. The van der Waals surface area contributed by atoms with Crippen LogP contribution in [0.15, 0.2) is 0 Å². The van der Waals surface area contributed by atoms with Gasteiger partial charge in [-0.25, -0.2) is 0 Å². The Hall–Kier alpha value is -0.860. The molecule has 1 heterocycles. The van der Waals surface area contributed by atoms with E-state index in [-0.39, 0.29) is 5.97 Å². The van der Waals surface area contributed by atoms with Crippen molar-refractivity contribution >= 4 is 11.8 Å². The van der Waals surface area contributed by atoms with E-state index >= 15 is 0 Å². The number of ketones is 1. The maximum Gasteiger partial charge on any atom is 0.306 e. The lowest BCUT2D eigenvalue weighted by molar-refractivity contribution is -0.138.